The number of rotatable bonds is 2. The highest BCUT2D eigenvalue weighted by Gasteiger charge is 2.09. The average Bonchev–Trinajstić information content (AvgIpc) is 2.79. The Labute approximate surface area is 100 Å². The average molecular weight is 226 g/mol. The van der Waals surface area contributed by atoms with E-state index in [0.717, 1.165) is 24.3 Å². The van der Waals surface area contributed by atoms with E-state index in [1.54, 1.807) is 12.1 Å². The van der Waals surface area contributed by atoms with Gasteiger partial charge in [0, 0.05) is 23.6 Å². The van der Waals surface area contributed by atoms with Crippen molar-refractivity contribution in [2.75, 3.05) is 17.2 Å². The van der Waals surface area contributed by atoms with Crippen molar-refractivity contribution in [3.05, 3.63) is 48.0 Å². The standard InChI is InChI=1S/C14H14N2O/c17-13-5-3-11(4-6-13)16-12-2-1-10-7-8-15-14(10)9-12/h1-6,9,15-17H,7-8H2. The molecule has 1 aliphatic rings. The molecule has 0 unspecified atom stereocenters. The predicted molar refractivity (Wildman–Crippen MR) is 70.0 cm³/mol. The lowest BCUT2D eigenvalue weighted by molar-refractivity contribution is 0.475. The number of phenols is 1. The Morgan fingerprint density at radius 1 is 1.00 bits per heavy atom. The Kier molecular flexibility index (Phi) is 2.37. The van der Waals surface area contributed by atoms with Gasteiger partial charge in [0.25, 0.3) is 0 Å². The van der Waals surface area contributed by atoms with Crippen LogP contribution < -0.4 is 10.6 Å². The molecule has 86 valence electrons. The van der Waals surface area contributed by atoms with Gasteiger partial charge in [-0.25, -0.2) is 0 Å². The van der Waals surface area contributed by atoms with E-state index in [0.29, 0.717) is 0 Å². The van der Waals surface area contributed by atoms with Gasteiger partial charge >= 0.3 is 0 Å². The molecule has 0 spiro atoms. The third kappa shape index (κ3) is 2.04. The Bertz CT molecular complexity index is 534. The van der Waals surface area contributed by atoms with Crippen molar-refractivity contribution in [2.24, 2.45) is 0 Å². The predicted octanol–water partition coefficient (Wildman–Crippen LogP) is 3.10. The van der Waals surface area contributed by atoms with Gasteiger partial charge in [-0.15, -0.1) is 0 Å². The Hall–Kier alpha value is -2.16. The molecule has 3 rings (SSSR count). The summed E-state index contributed by atoms with van der Waals surface area (Å²) in [5, 5.41) is 15.9. The number of nitrogens with one attached hydrogen (secondary N) is 2. The zero-order chi connectivity index (χ0) is 11.7. The fourth-order valence-electron chi connectivity index (χ4n) is 2.08. The smallest absolute Gasteiger partial charge is 0.115 e. The maximum Gasteiger partial charge on any atom is 0.115 e. The van der Waals surface area contributed by atoms with Crippen LogP contribution in [0, 0.1) is 0 Å². The van der Waals surface area contributed by atoms with Gasteiger partial charge in [-0.3, -0.25) is 0 Å². The summed E-state index contributed by atoms with van der Waals surface area (Å²) in [6, 6.07) is 13.4. The monoisotopic (exact) mass is 226 g/mol. The Morgan fingerprint density at radius 3 is 2.59 bits per heavy atom. The number of hydrogen-bond donors (Lipinski definition) is 3. The molecule has 1 heterocycles. The van der Waals surface area contributed by atoms with Gasteiger partial charge in [0.1, 0.15) is 5.75 Å². The number of hydrogen-bond acceptors (Lipinski definition) is 3. The molecule has 2 aromatic carbocycles. The van der Waals surface area contributed by atoms with Crippen LogP contribution in [0.2, 0.25) is 0 Å². The molecular weight excluding hydrogens is 212 g/mol. The van der Waals surface area contributed by atoms with Crippen molar-refractivity contribution in [2.45, 2.75) is 6.42 Å². The van der Waals surface area contributed by atoms with Gasteiger partial charge in [-0.2, -0.15) is 0 Å². The lowest BCUT2D eigenvalue weighted by atomic mass is 10.1. The molecule has 0 fully saturated rings. The highest BCUT2D eigenvalue weighted by Crippen LogP contribution is 2.27. The minimum Gasteiger partial charge on any atom is -0.508 e. The summed E-state index contributed by atoms with van der Waals surface area (Å²) in [6.07, 6.45) is 1.11. The molecule has 0 bridgehead atoms. The van der Waals surface area contributed by atoms with Crippen LogP contribution in [0.4, 0.5) is 17.1 Å². The summed E-state index contributed by atoms with van der Waals surface area (Å²) < 4.78 is 0. The molecule has 17 heavy (non-hydrogen) atoms. The first-order chi connectivity index (χ1) is 8.31. The zero-order valence-corrected chi connectivity index (χ0v) is 9.40. The van der Waals surface area contributed by atoms with Crippen molar-refractivity contribution >= 4 is 17.1 Å². The highest BCUT2D eigenvalue weighted by atomic mass is 16.3. The molecule has 0 aliphatic carbocycles. The largest absolute Gasteiger partial charge is 0.508 e. The summed E-state index contributed by atoms with van der Waals surface area (Å²) in [4.78, 5) is 0. The van der Waals surface area contributed by atoms with Crippen LogP contribution in [-0.2, 0) is 6.42 Å². The van der Waals surface area contributed by atoms with Gasteiger partial charge in [0.2, 0.25) is 0 Å². The number of aromatic hydroxyl groups is 1. The van der Waals surface area contributed by atoms with Crippen LogP contribution in [0.15, 0.2) is 42.5 Å². The minimum absolute atomic E-state index is 0.283. The number of phenolic OH excluding ortho intramolecular Hbond substituents is 1. The molecule has 3 N–H and O–H groups in total. The normalized spacial score (nSPS) is 12.9. The molecule has 0 saturated carbocycles. The van der Waals surface area contributed by atoms with E-state index in [4.69, 9.17) is 0 Å². The lowest BCUT2D eigenvalue weighted by Gasteiger charge is -2.08. The minimum atomic E-state index is 0.283. The summed E-state index contributed by atoms with van der Waals surface area (Å²) in [5.41, 5.74) is 4.62. The number of anilines is 3. The number of benzene rings is 2. The van der Waals surface area contributed by atoms with Gasteiger partial charge in [0.15, 0.2) is 0 Å². The van der Waals surface area contributed by atoms with E-state index < -0.39 is 0 Å². The van der Waals surface area contributed by atoms with Gasteiger partial charge in [0.05, 0.1) is 0 Å². The second-order valence-corrected chi connectivity index (χ2v) is 4.22. The molecule has 0 radical (unpaired) electrons. The molecule has 2 aromatic rings. The van der Waals surface area contributed by atoms with E-state index in [2.05, 4.69) is 28.8 Å². The fraction of sp³-hybridized carbons (Fsp3) is 0.143. The quantitative estimate of drug-likeness (QED) is 0.689. The summed E-state index contributed by atoms with van der Waals surface area (Å²) in [7, 11) is 0. The first kappa shape index (κ1) is 10.0. The molecule has 3 heteroatoms. The van der Waals surface area contributed by atoms with E-state index in [1.807, 2.05) is 12.1 Å². The second kappa shape index (κ2) is 4.01. The van der Waals surface area contributed by atoms with Crippen molar-refractivity contribution in [3.8, 4) is 5.75 Å². The van der Waals surface area contributed by atoms with Crippen LogP contribution in [0.25, 0.3) is 0 Å². The van der Waals surface area contributed by atoms with E-state index in [1.165, 1.54) is 11.3 Å². The van der Waals surface area contributed by atoms with Crippen LogP contribution >= 0.6 is 0 Å². The maximum atomic E-state index is 9.21. The molecule has 0 amide bonds. The van der Waals surface area contributed by atoms with Crippen molar-refractivity contribution in [1.82, 2.24) is 0 Å². The molecule has 0 aromatic heterocycles. The van der Waals surface area contributed by atoms with Crippen LogP contribution in [0.1, 0.15) is 5.56 Å². The van der Waals surface area contributed by atoms with E-state index >= 15 is 0 Å². The van der Waals surface area contributed by atoms with E-state index in [9.17, 15) is 5.11 Å². The van der Waals surface area contributed by atoms with Gasteiger partial charge in [-0.05, 0) is 48.4 Å². The van der Waals surface area contributed by atoms with Gasteiger partial charge in [-0.1, -0.05) is 6.07 Å². The Balaban J connectivity index is 1.83. The Morgan fingerprint density at radius 2 is 1.76 bits per heavy atom. The van der Waals surface area contributed by atoms with Crippen LogP contribution in [-0.4, -0.2) is 11.7 Å². The molecule has 0 saturated heterocycles. The molecule has 3 nitrogen and oxygen atoms in total. The van der Waals surface area contributed by atoms with Crippen LogP contribution in [0.5, 0.6) is 5.75 Å². The van der Waals surface area contributed by atoms with Crippen molar-refractivity contribution < 1.29 is 5.11 Å². The third-order valence-electron chi connectivity index (χ3n) is 2.98. The number of fused-ring (bicyclic) bond motifs is 1. The molecule has 1 aliphatic heterocycles. The zero-order valence-electron chi connectivity index (χ0n) is 9.40. The van der Waals surface area contributed by atoms with Crippen molar-refractivity contribution in [1.29, 1.82) is 0 Å². The first-order valence-electron chi connectivity index (χ1n) is 5.74. The van der Waals surface area contributed by atoms with E-state index in [-0.39, 0.29) is 5.75 Å². The molecule has 0 atom stereocenters. The van der Waals surface area contributed by atoms with Crippen LogP contribution in [0.3, 0.4) is 0 Å². The highest BCUT2D eigenvalue weighted by molar-refractivity contribution is 5.68. The van der Waals surface area contributed by atoms with Gasteiger partial charge < -0.3 is 15.7 Å². The second-order valence-electron chi connectivity index (χ2n) is 4.22. The third-order valence-corrected chi connectivity index (χ3v) is 2.98. The summed E-state index contributed by atoms with van der Waals surface area (Å²) >= 11 is 0. The fourth-order valence-corrected chi connectivity index (χ4v) is 2.08. The lowest BCUT2D eigenvalue weighted by Crippen LogP contribution is -1.93. The van der Waals surface area contributed by atoms with Crippen molar-refractivity contribution in [3.63, 3.8) is 0 Å². The summed E-state index contributed by atoms with van der Waals surface area (Å²) in [6.45, 7) is 1.03. The topological polar surface area (TPSA) is 44.3 Å². The summed E-state index contributed by atoms with van der Waals surface area (Å²) in [5.74, 6) is 0.283. The first-order valence-corrected chi connectivity index (χ1v) is 5.74. The maximum absolute atomic E-state index is 9.21. The molecular formula is C14H14N2O. The SMILES string of the molecule is Oc1ccc(Nc2ccc3c(c2)NCC3)cc1.